The third-order valence-electron chi connectivity index (χ3n) is 6.05. The molecule has 158 valence electrons. The first-order valence-electron chi connectivity index (χ1n) is 10.9. The molecule has 3 rings (SSSR count). The highest BCUT2D eigenvalue weighted by molar-refractivity contribution is 5.30. The summed E-state index contributed by atoms with van der Waals surface area (Å²) in [6, 6.07) is 4.75. The molecule has 0 aromatic heterocycles. The molecule has 2 fully saturated rings. The van der Waals surface area contributed by atoms with Gasteiger partial charge in [-0.25, -0.2) is 8.78 Å². The van der Waals surface area contributed by atoms with E-state index >= 15 is 0 Å². The van der Waals surface area contributed by atoms with Gasteiger partial charge in [0.15, 0.2) is 23.5 Å². The number of hydrogen-bond donors (Lipinski definition) is 0. The Hall–Kier alpha value is -1.20. The summed E-state index contributed by atoms with van der Waals surface area (Å²) in [7, 11) is 0. The Morgan fingerprint density at radius 3 is 2.32 bits per heavy atom. The molecule has 0 amide bonds. The van der Waals surface area contributed by atoms with Crippen LogP contribution in [0.15, 0.2) is 18.2 Å². The van der Waals surface area contributed by atoms with Gasteiger partial charge in [-0.15, -0.1) is 0 Å². The van der Waals surface area contributed by atoms with Gasteiger partial charge in [0.2, 0.25) is 0 Å². The largest absolute Gasteiger partial charge is 0.490 e. The first-order chi connectivity index (χ1) is 13.5. The maximum atomic E-state index is 14.5. The van der Waals surface area contributed by atoms with Crippen molar-refractivity contribution in [2.24, 2.45) is 11.8 Å². The number of halogens is 2. The van der Waals surface area contributed by atoms with Crippen LogP contribution < -0.4 is 4.74 Å². The Bertz CT molecular complexity index is 606. The van der Waals surface area contributed by atoms with E-state index in [9.17, 15) is 8.78 Å². The fourth-order valence-corrected chi connectivity index (χ4v) is 4.41. The smallest absolute Gasteiger partial charge is 0.184 e. The van der Waals surface area contributed by atoms with Gasteiger partial charge in [-0.2, -0.15) is 0 Å². The molecular weight excluding hydrogens is 362 g/mol. The van der Waals surface area contributed by atoms with Crippen molar-refractivity contribution >= 4 is 0 Å². The molecular formula is C23H34F2O3. The van der Waals surface area contributed by atoms with E-state index in [1.54, 1.807) is 12.1 Å². The highest BCUT2D eigenvalue weighted by atomic mass is 19.1. The first kappa shape index (κ1) is 21.5. The van der Waals surface area contributed by atoms with Gasteiger partial charge in [0, 0.05) is 5.56 Å². The van der Waals surface area contributed by atoms with E-state index in [-0.39, 0.29) is 19.0 Å². The lowest BCUT2D eigenvalue weighted by Crippen LogP contribution is -2.41. The van der Waals surface area contributed by atoms with Crippen LogP contribution in [0.3, 0.4) is 0 Å². The number of alkyl halides is 1. The molecule has 2 aliphatic rings. The highest BCUT2D eigenvalue weighted by Crippen LogP contribution is 2.34. The van der Waals surface area contributed by atoms with E-state index < -0.39 is 17.8 Å². The maximum Gasteiger partial charge on any atom is 0.184 e. The third-order valence-corrected chi connectivity index (χ3v) is 6.05. The lowest BCUT2D eigenvalue weighted by Gasteiger charge is -2.34. The fraction of sp³-hybridized carbons (Fsp3) is 0.739. The number of rotatable bonds is 8. The fourth-order valence-electron chi connectivity index (χ4n) is 4.41. The van der Waals surface area contributed by atoms with Gasteiger partial charge < -0.3 is 14.2 Å². The van der Waals surface area contributed by atoms with Crippen molar-refractivity contribution in [3.05, 3.63) is 29.6 Å². The Labute approximate surface area is 167 Å². The molecule has 0 radical (unpaired) electrons. The molecule has 1 saturated heterocycles. The van der Waals surface area contributed by atoms with Gasteiger partial charge in [0.25, 0.3) is 0 Å². The van der Waals surface area contributed by atoms with E-state index in [1.807, 2.05) is 6.92 Å². The minimum atomic E-state index is -1.44. The Morgan fingerprint density at radius 1 is 1.04 bits per heavy atom. The molecule has 1 saturated carbocycles. The Kier molecular flexibility index (Phi) is 7.69. The summed E-state index contributed by atoms with van der Waals surface area (Å²) >= 11 is 0. The van der Waals surface area contributed by atoms with E-state index in [1.165, 1.54) is 31.7 Å². The summed E-state index contributed by atoms with van der Waals surface area (Å²) in [5.41, 5.74) is -0.883. The van der Waals surface area contributed by atoms with E-state index in [0.29, 0.717) is 24.5 Å². The van der Waals surface area contributed by atoms with Crippen molar-refractivity contribution in [2.45, 2.75) is 77.2 Å². The van der Waals surface area contributed by atoms with Crippen molar-refractivity contribution < 1.29 is 23.0 Å². The maximum absolute atomic E-state index is 14.5. The van der Waals surface area contributed by atoms with Gasteiger partial charge in [-0.05, 0) is 43.2 Å². The molecule has 3 nitrogen and oxygen atoms in total. The lowest BCUT2D eigenvalue weighted by atomic mass is 9.80. The quantitative estimate of drug-likeness (QED) is 0.511. The molecule has 1 aliphatic carbocycles. The average Bonchev–Trinajstić information content (AvgIpc) is 2.69. The zero-order valence-corrected chi connectivity index (χ0v) is 17.2. The van der Waals surface area contributed by atoms with E-state index in [0.717, 1.165) is 25.2 Å². The molecule has 0 spiro atoms. The number of hydrogen-bond acceptors (Lipinski definition) is 3. The van der Waals surface area contributed by atoms with Crippen LogP contribution in [0, 0.1) is 17.7 Å². The third kappa shape index (κ3) is 5.66. The molecule has 28 heavy (non-hydrogen) atoms. The average molecular weight is 397 g/mol. The summed E-state index contributed by atoms with van der Waals surface area (Å²) in [5.74, 6) is 1.21. The molecule has 0 unspecified atom stereocenters. The molecule has 0 atom stereocenters. The molecule has 1 aliphatic heterocycles. The second kappa shape index (κ2) is 10.0. The van der Waals surface area contributed by atoms with Crippen LogP contribution in [-0.4, -0.2) is 25.5 Å². The Morgan fingerprint density at radius 2 is 1.71 bits per heavy atom. The van der Waals surface area contributed by atoms with Gasteiger partial charge in [-0.3, -0.25) is 0 Å². The van der Waals surface area contributed by atoms with Crippen molar-refractivity contribution in [1.29, 1.82) is 0 Å². The summed E-state index contributed by atoms with van der Waals surface area (Å²) in [6.45, 7) is 4.69. The summed E-state index contributed by atoms with van der Waals surface area (Å²) in [4.78, 5) is 0. The first-order valence-corrected chi connectivity index (χ1v) is 10.9. The van der Waals surface area contributed by atoms with Gasteiger partial charge >= 0.3 is 0 Å². The second-order valence-corrected chi connectivity index (χ2v) is 8.53. The second-order valence-electron chi connectivity index (χ2n) is 8.53. The minimum Gasteiger partial charge on any atom is -0.490 e. The van der Waals surface area contributed by atoms with Gasteiger partial charge in [-0.1, -0.05) is 52.0 Å². The monoisotopic (exact) mass is 396 g/mol. The van der Waals surface area contributed by atoms with Crippen LogP contribution in [0.4, 0.5) is 8.78 Å². The number of ether oxygens (including phenoxy) is 3. The summed E-state index contributed by atoms with van der Waals surface area (Å²) in [5, 5.41) is 0. The van der Waals surface area contributed by atoms with E-state index in [4.69, 9.17) is 14.2 Å². The van der Waals surface area contributed by atoms with Gasteiger partial charge in [0.1, 0.15) is 0 Å². The molecule has 1 heterocycles. The van der Waals surface area contributed by atoms with Crippen LogP contribution >= 0.6 is 0 Å². The molecule has 1 aromatic carbocycles. The van der Waals surface area contributed by atoms with Crippen molar-refractivity contribution in [3.8, 4) is 5.75 Å². The van der Waals surface area contributed by atoms with Crippen molar-refractivity contribution in [1.82, 2.24) is 0 Å². The minimum absolute atomic E-state index is 0.0217. The standard InChI is InChI=1S/C23H34F2O3/c1-3-5-17-6-8-18(9-7-17)14-26-21-11-10-19(13-20(21)24)22-27-15-23(25,12-4-2)16-28-22/h10-11,13,17-18,22H,3-9,12,14-16H2,1-2H3. The van der Waals surface area contributed by atoms with Gasteiger partial charge in [0.05, 0.1) is 19.8 Å². The summed E-state index contributed by atoms with van der Waals surface area (Å²) in [6.07, 6.45) is 7.82. The van der Waals surface area contributed by atoms with Crippen LogP contribution in [-0.2, 0) is 9.47 Å². The van der Waals surface area contributed by atoms with Crippen LogP contribution in [0.1, 0.15) is 77.1 Å². The molecule has 1 aromatic rings. The van der Waals surface area contributed by atoms with Crippen molar-refractivity contribution in [2.75, 3.05) is 19.8 Å². The SMILES string of the molecule is CCCC1CCC(COc2ccc(C3OCC(F)(CCC)CO3)cc2F)CC1. The van der Waals surface area contributed by atoms with Crippen molar-refractivity contribution in [3.63, 3.8) is 0 Å². The van der Waals surface area contributed by atoms with Crippen LogP contribution in [0.2, 0.25) is 0 Å². The molecule has 0 N–H and O–H groups in total. The zero-order valence-electron chi connectivity index (χ0n) is 17.2. The lowest BCUT2D eigenvalue weighted by molar-refractivity contribution is -0.239. The highest BCUT2D eigenvalue weighted by Gasteiger charge is 2.37. The predicted molar refractivity (Wildman–Crippen MR) is 106 cm³/mol. The zero-order chi connectivity index (χ0) is 20.0. The predicted octanol–water partition coefficient (Wildman–Crippen LogP) is 6.36. The molecule has 0 bridgehead atoms. The Balaban J connectivity index is 1.48. The topological polar surface area (TPSA) is 27.7 Å². The van der Waals surface area contributed by atoms with Crippen LogP contribution in [0.5, 0.6) is 5.75 Å². The molecule has 5 heteroatoms. The van der Waals surface area contributed by atoms with Crippen LogP contribution in [0.25, 0.3) is 0 Å². The number of benzene rings is 1. The van der Waals surface area contributed by atoms with E-state index in [2.05, 4.69) is 6.92 Å². The normalized spacial score (nSPS) is 30.9. The summed E-state index contributed by atoms with van der Waals surface area (Å²) < 4.78 is 45.7.